The van der Waals surface area contributed by atoms with Crippen LogP contribution in [0.25, 0.3) is 11.0 Å². The lowest BCUT2D eigenvalue weighted by Gasteiger charge is -2.25. The largest absolute Gasteiger partial charge is 0.341 e. The van der Waals surface area contributed by atoms with Crippen molar-refractivity contribution in [2.45, 2.75) is 55.5 Å². The molecule has 0 radical (unpaired) electrons. The van der Waals surface area contributed by atoms with Crippen molar-refractivity contribution >= 4 is 34.7 Å². The van der Waals surface area contributed by atoms with Crippen LogP contribution in [0.2, 0.25) is 0 Å². The highest BCUT2D eigenvalue weighted by Crippen LogP contribution is 2.36. The van der Waals surface area contributed by atoms with E-state index in [-0.39, 0.29) is 5.91 Å². The second-order valence-corrected chi connectivity index (χ2v) is 7.68. The van der Waals surface area contributed by atoms with Crippen molar-refractivity contribution in [1.29, 1.82) is 0 Å². The van der Waals surface area contributed by atoms with Crippen molar-refractivity contribution in [2.75, 3.05) is 7.05 Å². The van der Waals surface area contributed by atoms with Crippen LogP contribution >= 0.6 is 11.8 Å². The normalized spacial score (nSPS) is 16.6. The highest BCUT2D eigenvalue weighted by atomic mass is 32.2. The van der Waals surface area contributed by atoms with Gasteiger partial charge in [0.15, 0.2) is 5.16 Å². The van der Waals surface area contributed by atoms with Gasteiger partial charge in [0.1, 0.15) is 0 Å². The molecule has 0 unspecified atom stereocenters. The fourth-order valence-electron chi connectivity index (χ4n) is 3.29. The summed E-state index contributed by atoms with van der Waals surface area (Å²) in [6.45, 7) is 1.80. The standard InChI is InChI=1S/C18H24N4O2S/c1-12(16(23)21-17(24)19-2)25-18-20-14-10-6-7-11-15(14)22(18)13-8-4-3-5-9-13/h6-7,10-13H,3-5,8-9H2,1-2H3,(H2,19,21,23,24)/t12-/m1/s1. The second-order valence-electron chi connectivity index (χ2n) is 6.37. The van der Waals surface area contributed by atoms with E-state index < -0.39 is 11.3 Å². The number of carbonyl (C=O) groups excluding carboxylic acids is 2. The first-order valence-corrected chi connectivity index (χ1v) is 9.64. The van der Waals surface area contributed by atoms with E-state index in [4.69, 9.17) is 4.98 Å². The minimum atomic E-state index is -0.488. The van der Waals surface area contributed by atoms with Crippen LogP contribution < -0.4 is 10.6 Å². The molecule has 2 N–H and O–H groups in total. The molecule has 1 aliphatic carbocycles. The third kappa shape index (κ3) is 3.98. The Labute approximate surface area is 151 Å². The Morgan fingerprint density at radius 1 is 1.24 bits per heavy atom. The van der Waals surface area contributed by atoms with E-state index in [0.29, 0.717) is 6.04 Å². The molecule has 3 rings (SSSR count). The summed E-state index contributed by atoms with van der Waals surface area (Å²) in [6.07, 6.45) is 6.04. The number of nitrogens with zero attached hydrogens (tertiary/aromatic N) is 2. The number of carbonyl (C=O) groups is 2. The number of aromatic nitrogens is 2. The summed E-state index contributed by atoms with van der Waals surface area (Å²) < 4.78 is 2.29. The number of nitrogens with one attached hydrogen (secondary N) is 2. The summed E-state index contributed by atoms with van der Waals surface area (Å²) >= 11 is 1.41. The van der Waals surface area contributed by atoms with E-state index in [2.05, 4.69) is 21.3 Å². The molecular weight excluding hydrogens is 336 g/mol. The monoisotopic (exact) mass is 360 g/mol. The third-order valence-electron chi connectivity index (χ3n) is 4.62. The summed E-state index contributed by atoms with van der Waals surface area (Å²) in [4.78, 5) is 28.3. The van der Waals surface area contributed by atoms with Gasteiger partial charge in [0.2, 0.25) is 5.91 Å². The molecule has 0 spiro atoms. The molecular formula is C18H24N4O2S. The zero-order valence-corrected chi connectivity index (χ0v) is 15.4. The SMILES string of the molecule is CNC(=O)NC(=O)[C@@H](C)Sc1nc2ccccc2n1C1CCCCC1. The van der Waals surface area contributed by atoms with Crippen molar-refractivity contribution in [3.05, 3.63) is 24.3 Å². The van der Waals surface area contributed by atoms with Gasteiger partial charge in [0.05, 0.1) is 16.3 Å². The summed E-state index contributed by atoms with van der Waals surface area (Å²) in [6, 6.07) is 8.05. The van der Waals surface area contributed by atoms with Crippen molar-refractivity contribution in [3.63, 3.8) is 0 Å². The van der Waals surface area contributed by atoms with Crippen LogP contribution in [0.4, 0.5) is 4.79 Å². The molecule has 0 bridgehead atoms. The molecule has 134 valence electrons. The first-order chi connectivity index (χ1) is 12.1. The minimum absolute atomic E-state index is 0.313. The number of rotatable bonds is 4. The fraction of sp³-hybridized carbons (Fsp3) is 0.500. The Bertz CT molecular complexity index is 768. The van der Waals surface area contributed by atoms with Crippen LogP contribution in [-0.2, 0) is 4.79 Å². The molecule has 6 nitrogen and oxygen atoms in total. The maximum Gasteiger partial charge on any atom is 0.321 e. The molecule has 25 heavy (non-hydrogen) atoms. The summed E-state index contributed by atoms with van der Waals surface area (Å²) in [7, 11) is 1.49. The molecule has 1 heterocycles. The Balaban J connectivity index is 1.87. The summed E-state index contributed by atoms with van der Waals surface area (Å²) in [5.74, 6) is -0.313. The molecule has 1 aromatic carbocycles. The molecule has 2 aromatic rings. The Morgan fingerprint density at radius 2 is 1.96 bits per heavy atom. The van der Waals surface area contributed by atoms with Gasteiger partial charge in [0, 0.05) is 13.1 Å². The van der Waals surface area contributed by atoms with E-state index in [9.17, 15) is 9.59 Å². The van der Waals surface area contributed by atoms with Crippen molar-refractivity contribution in [2.24, 2.45) is 0 Å². The number of para-hydroxylation sites is 2. The molecule has 1 atom stereocenters. The number of amides is 3. The molecule has 1 aromatic heterocycles. The zero-order chi connectivity index (χ0) is 17.8. The van der Waals surface area contributed by atoms with Crippen molar-refractivity contribution < 1.29 is 9.59 Å². The van der Waals surface area contributed by atoms with Crippen molar-refractivity contribution in [3.8, 4) is 0 Å². The quantitative estimate of drug-likeness (QED) is 0.819. The highest BCUT2D eigenvalue weighted by molar-refractivity contribution is 8.00. The Morgan fingerprint density at radius 3 is 2.68 bits per heavy atom. The maximum atomic E-state index is 12.2. The van der Waals surface area contributed by atoms with Gasteiger partial charge in [0.25, 0.3) is 0 Å². The molecule has 1 aliphatic rings. The minimum Gasteiger partial charge on any atom is -0.341 e. The van der Waals surface area contributed by atoms with Gasteiger partial charge < -0.3 is 9.88 Å². The van der Waals surface area contributed by atoms with E-state index >= 15 is 0 Å². The van der Waals surface area contributed by atoms with Crippen molar-refractivity contribution in [1.82, 2.24) is 20.2 Å². The van der Waals surface area contributed by atoms with Crippen LogP contribution in [0.15, 0.2) is 29.4 Å². The predicted octanol–water partition coefficient (Wildman–Crippen LogP) is 3.48. The summed E-state index contributed by atoms with van der Waals surface area (Å²) in [5.41, 5.74) is 2.07. The number of thioether (sulfide) groups is 1. The smallest absolute Gasteiger partial charge is 0.321 e. The van der Waals surface area contributed by atoms with Crippen LogP contribution in [0.5, 0.6) is 0 Å². The Kier molecular flexibility index (Phi) is 5.63. The molecule has 3 amide bonds. The molecule has 1 fully saturated rings. The number of hydrogen-bond donors (Lipinski definition) is 2. The first-order valence-electron chi connectivity index (χ1n) is 8.76. The zero-order valence-electron chi connectivity index (χ0n) is 14.6. The topological polar surface area (TPSA) is 76.0 Å². The van der Waals surface area contributed by atoms with Gasteiger partial charge >= 0.3 is 6.03 Å². The Hall–Kier alpha value is -2.02. The fourth-order valence-corrected chi connectivity index (χ4v) is 4.28. The number of urea groups is 1. The summed E-state index contributed by atoms with van der Waals surface area (Å²) in [5, 5.41) is 5.18. The van der Waals surface area contributed by atoms with Gasteiger partial charge in [-0.25, -0.2) is 9.78 Å². The van der Waals surface area contributed by atoms with Gasteiger partial charge in [-0.05, 0) is 31.9 Å². The van der Waals surface area contributed by atoms with Gasteiger partial charge in [-0.2, -0.15) is 0 Å². The highest BCUT2D eigenvalue weighted by Gasteiger charge is 2.25. The molecule has 0 aliphatic heterocycles. The average Bonchev–Trinajstić information content (AvgIpc) is 2.99. The third-order valence-corrected chi connectivity index (χ3v) is 5.68. The van der Waals surface area contributed by atoms with Gasteiger partial charge in [-0.1, -0.05) is 43.2 Å². The lowest BCUT2D eigenvalue weighted by atomic mass is 9.95. The van der Waals surface area contributed by atoms with E-state index in [1.807, 2.05) is 18.2 Å². The van der Waals surface area contributed by atoms with E-state index in [1.54, 1.807) is 6.92 Å². The van der Waals surface area contributed by atoms with E-state index in [0.717, 1.165) is 29.0 Å². The lowest BCUT2D eigenvalue weighted by molar-refractivity contribution is -0.119. The number of fused-ring (bicyclic) bond motifs is 1. The number of imide groups is 1. The van der Waals surface area contributed by atoms with Crippen LogP contribution in [0.1, 0.15) is 45.1 Å². The average molecular weight is 360 g/mol. The van der Waals surface area contributed by atoms with Crippen LogP contribution in [0, 0.1) is 0 Å². The second kappa shape index (κ2) is 7.91. The van der Waals surface area contributed by atoms with Crippen LogP contribution in [0.3, 0.4) is 0 Å². The molecule has 0 saturated heterocycles. The van der Waals surface area contributed by atoms with Gasteiger partial charge in [-0.15, -0.1) is 0 Å². The van der Waals surface area contributed by atoms with Gasteiger partial charge in [-0.3, -0.25) is 10.1 Å². The number of hydrogen-bond acceptors (Lipinski definition) is 4. The lowest BCUT2D eigenvalue weighted by Crippen LogP contribution is -2.41. The molecule has 1 saturated carbocycles. The van der Waals surface area contributed by atoms with E-state index in [1.165, 1.54) is 38.1 Å². The first kappa shape index (κ1) is 17.8. The number of benzene rings is 1. The maximum absolute atomic E-state index is 12.2. The molecule has 7 heteroatoms. The predicted molar refractivity (Wildman–Crippen MR) is 99.8 cm³/mol. The number of imidazole rings is 1. The van der Waals surface area contributed by atoms with Crippen LogP contribution in [-0.4, -0.2) is 33.8 Å².